The summed E-state index contributed by atoms with van der Waals surface area (Å²) < 4.78 is 0. The van der Waals surface area contributed by atoms with Gasteiger partial charge in [-0.1, -0.05) is 20.8 Å². The van der Waals surface area contributed by atoms with Gasteiger partial charge in [0.2, 0.25) is 0 Å². The molecule has 0 atom stereocenters. The first-order valence-corrected chi connectivity index (χ1v) is 4.16. The van der Waals surface area contributed by atoms with Crippen LogP contribution in [0.15, 0.2) is 0 Å². The topological polar surface area (TPSA) is 12.0 Å². The molecule has 0 aromatic rings. The molecule has 1 heterocycles. The SMILES string of the molecule is CC(C)(C)[C]1CCNCC1. The van der Waals surface area contributed by atoms with Gasteiger partial charge in [-0.05, 0) is 37.3 Å². The lowest BCUT2D eigenvalue weighted by atomic mass is 9.76. The summed E-state index contributed by atoms with van der Waals surface area (Å²) in [4.78, 5) is 0. The van der Waals surface area contributed by atoms with Crippen molar-refractivity contribution in [1.29, 1.82) is 0 Å². The van der Waals surface area contributed by atoms with Gasteiger partial charge in [-0.2, -0.15) is 0 Å². The lowest BCUT2D eigenvalue weighted by Gasteiger charge is -2.33. The Labute approximate surface area is 64.2 Å². The number of piperidine rings is 1. The van der Waals surface area contributed by atoms with Crippen LogP contribution in [0.2, 0.25) is 0 Å². The van der Waals surface area contributed by atoms with Crippen molar-refractivity contribution < 1.29 is 0 Å². The summed E-state index contributed by atoms with van der Waals surface area (Å²) in [6, 6.07) is 0. The first-order valence-electron chi connectivity index (χ1n) is 4.16. The second-order valence-corrected chi connectivity index (χ2v) is 4.10. The second kappa shape index (κ2) is 2.91. The molecule has 1 nitrogen and oxygen atoms in total. The van der Waals surface area contributed by atoms with Gasteiger partial charge >= 0.3 is 0 Å². The zero-order valence-corrected chi connectivity index (χ0v) is 7.33. The number of hydrogen-bond donors (Lipinski definition) is 1. The zero-order chi connectivity index (χ0) is 7.61. The fourth-order valence-electron chi connectivity index (χ4n) is 1.48. The lowest BCUT2D eigenvalue weighted by Crippen LogP contribution is -2.32. The molecule has 0 amide bonds. The second-order valence-electron chi connectivity index (χ2n) is 4.10. The molecule has 1 radical (unpaired) electrons. The fourth-order valence-corrected chi connectivity index (χ4v) is 1.48. The van der Waals surface area contributed by atoms with Crippen molar-refractivity contribution in [3.05, 3.63) is 5.92 Å². The van der Waals surface area contributed by atoms with Crippen molar-refractivity contribution in [3.63, 3.8) is 0 Å². The summed E-state index contributed by atoms with van der Waals surface area (Å²) in [5, 5.41) is 3.37. The molecule has 10 heavy (non-hydrogen) atoms. The lowest BCUT2D eigenvalue weighted by molar-refractivity contribution is 0.351. The minimum absolute atomic E-state index is 0.447. The molecule has 1 aliphatic rings. The average Bonchev–Trinajstić information content (AvgIpc) is 1.88. The van der Waals surface area contributed by atoms with E-state index < -0.39 is 0 Å². The van der Waals surface area contributed by atoms with Gasteiger partial charge in [0.15, 0.2) is 0 Å². The standard InChI is InChI=1S/C9H18N/c1-9(2,3)8-4-6-10-7-5-8/h10H,4-7H2,1-3H3. The molecular formula is C9H18N. The minimum Gasteiger partial charge on any atom is -0.317 e. The van der Waals surface area contributed by atoms with E-state index in [-0.39, 0.29) is 0 Å². The predicted molar refractivity (Wildman–Crippen MR) is 44.8 cm³/mol. The van der Waals surface area contributed by atoms with E-state index in [0.717, 1.165) is 0 Å². The van der Waals surface area contributed by atoms with Crippen LogP contribution in [0, 0.1) is 11.3 Å². The molecular weight excluding hydrogens is 122 g/mol. The Morgan fingerprint density at radius 2 is 1.60 bits per heavy atom. The van der Waals surface area contributed by atoms with Crippen LogP contribution >= 0.6 is 0 Å². The summed E-state index contributed by atoms with van der Waals surface area (Å²) in [5.74, 6) is 1.73. The maximum absolute atomic E-state index is 3.37. The number of hydrogen-bond acceptors (Lipinski definition) is 1. The van der Waals surface area contributed by atoms with E-state index in [2.05, 4.69) is 26.1 Å². The van der Waals surface area contributed by atoms with Gasteiger partial charge in [0.05, 0.1) is 0 Å². The normalized spacial score (nSPS) is 23.1. The quantitative estimate of drug-likeness (QED) is 0.542. The Kier molecular flexibility index (Phi) is 2.35. The van der Waals surface area contributed by atoms with Crippen molar-refractivity contribution in [2.24, 2.45) is 5.41 Å². The Morgan fingerprint density at radius 1 is 1.10 bits per heavy atom. The molecule has 0 aromatic heterocycles. The smallest absolute Gasteiger partial charge is 0.00432 e. The van der Waals surface area contributed by atoms with E-state index in [1.807, 2.05) is 0 Å². The zero-order valence-electron chi connectivity index (χ0n) is 7.33. The van der Waals surface area contributed by atoms with Crippen LogP contribution in [0.5, 0.6) is 0 Å². The minimum atomic E-state index is 0.447. The summed E-state index contributed by atoms with van der Waals surface area (Å²) >= 11 is 0. The summed E-state index contributed by atoms with van der Waals surface area (Å²) in [6.07, 6.45) is 2.56. The van der Waals surface area contributed by atoms with Crippen LogP contribution in [0.4, 0.5) is 0 Å². The Hall–Kier alpha value is -0.0400. The van der Waals surface area contributed by atoms with Crippen LogP contribution in [-0.2, 0) is 0 Å². The third-order valence-electron chi connectivity index (χ3n) is 2.27. The predicted octanol–water partition coefficient (Wildman–Crippen LogP) is 1.99. The van der Waals surface area contributed by atoms with Gasteiger partial charge in [-0.15, -0.1) is 0 Å². The van der Waals surface area contributed by atoms with Crippen molar-refractivity contribution in [2.45, 2.75) is 33.6 Å². The average molecular weight is 140 g/mol. The van der Waals surface area contributed by atoms with E-state index in [9.17, 15) is 0 Å². The molecule has 1 saturated heterocycles. The summed E-state index contributed by atoms with van der Waals surface area (Å²) in [5.41, 5.74) is 0.447. The molecule has 0 aliphatic carbocycles. The molecule has 0 bridgehead atoms. The maximum atomic E-state index is 3.37. The third-order valence-corrected chi connectivity index (χ3v) is 2.27. The highest BCUT2D eigenvalue weighted by atomic mass is 14.9. The van der Waals surface area contributed by atoms with Gasteiger partial charge < -0.3 is 5.32 Å². The number of rotatable bonds is 0. The molecule has 0 unspecified atom stereocenters. The van der Waals surface area contributed by atoms with Crippen LogP contribution in [0.25, 0.3) is 0 Å². The summed E-state index contributed by atoms with van der Waals surface area (Å²) in [7, 11) is 0. The van der Waals surface area contributed by atoms with Crippen molar-refractivity contribution in [2.75, 3.05) is 13.1 Å². The van der Waals surface area contributed by atoms with Gasteiger partial charge in [0, 0.05) is 0 Å². The van der Waals surface area contributed by atoms with Crippen molar-refractivity contribution in [1.82, 2.24) is 5.32 Å². The highest BCUT2D eigenvalue weighted by Crippen LogP contribution is 2.34. The van der Waals surface area contributed by atoms with E-state index in [0.29, 0.717) is 5.41 Å². The fraction of sp³-hybridized carbons (Fsp3) is 0.889. The Morgan fingerprint density at radius 3 is 1.90 bits per heavy atom. The molecule has 0 saturated carbocycles. The van der Waals surface area contributed by atoms with E-state index in [1.54, 1.807) is 5.92 Å². The first kappa shape index (κ1) is 8.06. The summed E-state index contributed by atoms with van der Waals surface area (Å²) in [6.45, 7) is 9.31. The monoisotopic (exact) mass is 140 g/mol. The molecule has 0 spiro atoms. The van der Waals surface area contributed by atoms with Gasteiger partial charge in [0.25, 0.3) is 0 Å². The Bertz CT molecular complexity index is 95.8. The number of nitrogens with one attached hydrogen (secondary N) is 1. The van der Waals surface area contributed by atoms with E-state index in [1.165, 1.54) is 25.9 Å². The molecule has 1 fully saturated rings. The highest BCUT2D eigenvalue weighted by Gasteiger charge is 2.25. The highest BCUT2D eigenvalue weighted by molar-refractivity contribution is 5.03. The Balaban J connectivity index is 2.39. The van der Waals surface area contributed by atoms with Gasteiger partial charge in [-0.25, -0.2) is 0 Å². The third kappa shape index (κ3) is 1.98. The van der Waals surface area contributed by atoms with Crippen LogP contribution in [0.1, 0.15) is 33.6 Å². The van der Waals surface area contributed by atoms with E-state index in [4.69, 9.17) is 0 Å². The molecule has 59 valence electrons. The molecule has 1 rings (SSSR count). The van der Waals surface area contributed by atoms with Crippen molar-refractivity contribution in [3.8, 4) is 0 Å². The van der Waals surface area contributed by atoms with Crippen LogP contribution in [0.3, 0.4) is 0 Å². The maximum Gasteiger partial charge on any atom is -0.00432 e. The molecule has 0 aromatic carbocycles. The van der Waals surface area contributed by atoms with Crippen LogP contribution < -0.4 is 5.32 Å². The largest absolute Gasteiger partial charge is 0.317 e. The van der Waals surface area contributed by atoms with E-state index >= 15 is 0 Å². The molecule has 1 heteroatoms. The van der Waals surface area contributed by atoms with Gasteiger partial charge in [0.1, 0.15) is 0 Å². The van der Waals surface area contributed by atoms with Crippen molar-refractivity contribution >= 4 is 0 Å². The van der Waals surface area contributed by atoms with Crippen LogP contribution in [-0.4, -0.2) is 13.1 Å². The molecule has 1 N–H and O–H groups in total. The molecule has 1 aliphatic heterocycles. The first-order chi connectivity index (χ1) is 4.61. The van der Waals surface area contributed by atoms with Gasteiger partial charge in [-0.3, -0.25) is 0 Å².